The molecular formula is C24H20N4O2S. The number of para-hydroxylation sites is 1. The fraction of sp³-hybridized carbons (Fsp3) is 0.125. The highest BCUT2D eigenvalue weighted by molar-refractivity contribution is 7.98. The number of nitrogens with one attached hydrogen (secondary N) is 1. The molecule has 0 bridgehead atoms. The molecule has 0 saturated heterocycles. The predicted molar refractivity (Wildman–Crippen MR) is 121 cm³/mol. The minimum Gasteiger partial charge on any atom is -0.497 e. The lowest BCUT2D eigenvalue weighted by atomic mass is 10.1. The van der Waals surface area contributed by atoms with Gasteiger partial charge >= 0.3 is 0 Å². The summed E-state index contributed by atoms with van der Waals surface area (Å²) in [7, 11) is 1.65. The molecule has 31 heavy (non-hydrogen) atoms. The van der Waals surface area contributed by atoms with E-state index in [-0.39, 0.29) is 0 Å². The summed E-state index contributed by atoms with van der Waals surface area (Å²) in [6, 6.07) is 26.0. The average Bonchev–Trinajstić information content (AvgIpc) is 3.00. The van der Waals surface area contributed by atoms with E-state index in [9.17, 15) is 0 Å². The van der Waals surface area contributed by atoms with Crippen LogP contribution < -0.4 is 14.8 Å². The van der Waals surface area contributed by atoms with Crippen LogP contribution in [0.25, 0.3) is 11.3 Å². The van der Waals surface area contributed by atoms with E-state index in [1.807, 2.05) is 66.7 Å². The second-order valence-electron chi connectivity index (χ2n) is 6.98. The Bertz CT molecular complexity index is 1190. The van der Waals surface area contributed by atoms with Gasteiger partial charge in [-0.15, -0.1) is 10.2 Å². The van der Waals surface area contributed by atoms with Crippen molar-refractivity contribution in [3.8, 4) is 22.9 Å². The summed E-state index contributed by atoms with van der Waals surface area (Å²) in [6.07, 6.45) is -0.419. The first-order valence-corrected chi connectivity index (χ1v) is 10.9. The lowest BCUT2D eigenvalue weighted by Crippen LogP contribution is -2.17. The highest BCUT2D eigenvalue weighted by Gasteiger charge is 2.26. The van der Waals surface area contributed by atoms with Crippen molar-refractivity contribution >= 4 is 17.4 Å². The molecule has 0 aliphatic carbocycles. The van der Waals surface area contributed by atoms with E-state index in [4.69, 9.17) is 14.5 Å². The first-order chi connectivity index (χ1) is 15.3. The monoisotopic (exact) mass is 428 g/mol. The van der Waals surface area contributed by atoms with Crippen molar-refractivity contribution in [2.24, 2.45) is 0 Å². The van der Waals surface area contributed by atoms with Crippen LogP contribution in [-0.2, 0) is 5.75 Å². The van der Waals surface area contributed by atoms with Crippen LogP contribution in [0, 0.1) is 0 Å². The van der Waals surface area contributed by atoms with Crippen LogP contribution in [0.5, 0.6) is 11.6 Å². The van der Waals surface area contributed by atoms with Crippen molar-refractivity contribution in [3.63, 3.8) is 0 Å². The molecule has 0 spiro atoms. The Balaban J connectivity index is 1.48. The van der Waals surface area contributed by atoms with Crippen molar-refractivity contribution in [1.82, 2.24) is 15.2 Å². The third-order valence-electron chi connectivity index (χ3n) is 4.96. The van der Waals surface area contributed by atoms with E-state index in [0.717, 1.165) is 28.3 Å². The summed E-state index contributed by atoms with van der Waals surface area (Å²) >= 11 is 1.53. The zero-order valence-corrected chi connectivity index (χ0v) is 17.7. The fourth-order valence-corrected chi connectivity index (χ4v) is 4.09. The quantitative estimate of drug-likeness (QED) is 0.430. The Morgan fingerprint density at radius 2 is 1.71 bits per heavy atom. The SMILES string of the molecule is COc1ccc(C2Nc3ccccc3-c3nnc(SCc4ccccc4)nc3O2)cc1. The molecule has 6 nitrogen and oxygen atoms in total. The van der Waals surface area contributed by atoms with Crippen LogP contribution in [0.2, 0.25) is 0 Å². The molecule has 0 radical (unpaired) electrons. The van der Waals surface area contributed by atoms with Gasteiger partial charge in [0, 0.05) is 22.6 Å². The highest BCUT2D eigenvalue weighted by Crippen LogP contribution is 2.39. The van der Waals surface area contributed by atoms with Gasteiger partial charge in [0.2, 0.25) is 11.0 Å². The van der Waals surface area contributed by atoms with E-state index in [2.05, 4.69) is 27.6 Å². The molecule has 154 valence electrons. The Hall–Kier alpha value is -3.58. The van der Waals surface area contributed by atoms with E-state index in [0.29, 0.717) is 16.7 Å². The van der Waals surface area contributed by atoms with E-state index >= 15 is 0 Å². The second kappa shape index (κ2) is 8.65. The van der Waals surface area contributed by atoms with Crippen LogP contribution in [0.15, 0.2) is 84.0 Å². The molecule has 2 heterocycles. The maximum Gasteiger partial charge on any atom is 0.247 e. The zero-order chi connectivity index (χ0) is 21.0. The van der Waals surface area contributed by atoms with Gasteiger partial charge in [0.15, 0.2) is 11.9 Å². The van der Waals surface area contributed by atoms with Gasteiger partial charge in [0.1, 0.15) is 5.75 Å². The molecule has 1 aliphatic rings. The average molecular weight is 429 g/mol. The molecule has 0 fully saturated rings. The van der Waals surface area contributed by atoms with Crippen LogP contribution in [0.4, 0.5) is 5.69 Å². The lowest BCUT2D eigenvalue weighted by molar-refractivity contribution is 0.225. The van der Waals surface area contributed by atoms with E-state index in [1.165, 1.54) is 17.3 Å². The number of rotatable bonds is 5. The summed E-state index contributed by atoms with van der Waals surface area (Å²) in [6.45, 7) is 0. The highest BCUT2D eigenvalue weighted by atomic mass is 32.2. The van der Waals surface area contributed by atoms with Crippen LogP contribution in [0.3, 0.4) is 0 Å². The third kappa shape index (κ3) is 4.18. The summed E-state index contributed by atoms with van der Waals surface area (Å²) in [4.78, 5) is 4.70. The summed E-state index contributed by atoms with van der Waals surface area (Å²) in [5.74, 6) is 2.02. The first-order valence-electron chi connectivity index (χ1n) is 9.88. The van der Waals surface area contributed by atoms with Gasteiger partial charge in [0.25, 0.3) is 0 Å². The number of hydrogen-bond acceptors (Lipinski definition) is 7. The second-order valence-corrected chi connectivity index (χ2v) is 7.93. The largest absolute Gasteiger partial charge is 0.497 e. The Morgan fingerprint density at radius 1 is 0.935 bits per heavy atom. The van der Waals surface area contributed by atoms with Gasteiger partial charge in [-0.3, -0.25) is 0 Å². The van der Waals surface area contributed by atoms with Crippen molar-refractivity contribution in [1.29, 1.82) is 0 Å². The smallest absolute Gasteiger partial charge is 0.247 e. The number of nitrogens with zero attached hydrogens (tertiary/aromatic N) is 3. The minimum atomic E-state index is -0.419. The molecular weight excluding hydrogens is 408 g/mol. The topological polar surface area (TPSA) is 69.2 Å². The van der Waals surface area contributed by atoms with Gasteiger partial charge < -0.3 is 14.8 Å². The van der Waals surface area contributed by atoms with Gasteiger partial charge in [-0.1, -0.05) is 60.3 Å². The van der Waals surface area contributed by atoms with Crippen molar-refractivity contribution in [3.05, 3.63) is 90.0 Å². The molecule has 1 unspecified atom stereocenters. The standard InChI is InChI=1S/C24H20N4O2S/c1-29-18-13-11-17(12-14-18)22-25-20-10-6-5-9-19(20)21-23(30-22)26-24(28-27-21)31-15-16-7-3-2-4-8-16/h2-14,22,25H,15H2,1H3. The van der Waals surface area contributed by atoms with Crippen LogP contribution in [-0.4, -0.2) is 22.3 Å². The van der Waals surface area contributed by atoms with Gasteiger partial charge in [-0.25, -0.2) is 0 Å². The van der Waals surface area contributed by atoms with Crippen LogP contribution >= 0.6 is 11.8 Å². The number of thioether (sulfide) groups is 1. The third-order valence-corrected chi connectivity index (χ3v) is 5.87. The molecule has 0 amide bonds. The molecule has 1 aromatic heterocycles. The maximum atomic E-state index is 6.31. The normalized spacial score (nSPS) is 14.4. The minimum absolute atomic E-state index is 0.419. The Labute approximate surface area is 184 Å². The molecule has 4 aromatic rings. The van der Waals surface area contributed by atoms with E-state index < -0.39 is 6.23 Å². The Kier molecular flexibility index (Phi) is 5.41. The van der Waals surface area contributed by atoms with Gasteiger partial charge in [-0.05, 0) is 35.9 Å². The zero-order valence-electron chi connectivity index (χ0n) is 16.9. The van der Waals surface area contributed by atoms with E-state index in [1.54, 1.807) is 7.11 Å². The summed E-state index contributed by atoms with van der Waals surface area (Å²) in [5, 5.41) is 12.9. The molecule has 1 atom stereocenters. The van der Waals surface area contributed by atoms with Gasteiger partial charge in [-0.2, -0.15) is 4.98 Å². The number of aromatic nitrogens is 3. The number of methoxy groups -OCH3 is 1. The number of ether oxygens (including phenoxy) is 2. The number of anilines is 1. The van der Waals surface area contributed by atoms with Crippen molar-refractivity contribution in [2.75, 3.05) is 12.4 Å². The number of hydrogen-bond donors (Lipinski definition) is 1. The molecule has 7 heteroatoms. The maximum absolute atomic E-state index is 6.31. The number of fused-ring (bicyclic) bond motifs is 3. The van der Waals surface area contributed by atoms with Crippen molar-refractivity contribution in [2.45, 2.75) is 17.1 Å². The Morgan fingerprint density at radius 3 is 2.52 bits per heavy atom. The van der Waals surface area contributed by atoms with Crippen LogP contribution in [0.1, 0.15) is 17.4 Å². The molecule has 3 aromatic carbocycles. The fourth-order valence-electron chi connectivity index (χ4n) is 3.36. The summed E-state index contributed by atoms with van der Waals surface area (Å²) < 4.78 is 11.6. The molecule has 1 N–H and O–H groups in total. The first kappa shape index (κ1) is 19.4. The van der Waals surface area contributed by atoms with Gasteiger partial charge in [0.05, 0.1) is 7.11 Å². The van der Waals surface area contributed by atoms with Crippen molar-refractivity contribution < 1.29 is 9.47 Å². The molecule has 5 rings (SSSR count). The lowest BCUT2D eigenvalue weighted by Gasteiger charge is -2.19. The molecule has 0 saturated carbocycles. The number of benzene rings is 3. The predicted octanol–water partition coefficient (Wildman–Crippen LogP) is 5.34. The summed E-state index contributed by atoms with van der Waals surface area (Å²) in [5.41, 5.74) is 4.62. The molecule has 1 aliphatic heterocycles.